The Kier molecular flexibility index (Phi) is 7.97. The number of amides is 1. The number of benzene rings is 3. The van der Waals surface area contributed by atoms with Crippen LogP contribution in [-0.4, -0.2) is 45.3 Å². The summed E-state index contributed by atoms with van der Waals surface area (Å²) in [6.07, 6.45) is 4.04. The van der Waals surface area contributed by atoms with Gasteiger partial charge in [-0.25, -0.2) is 9.78 Å². The van der Waals surface area contributed by atoms with Gasteiger partial charge in [0.15, 0.2) is 10.3 Å². The second-order valence-corrected chi connectivity index (χ2v) is 12.6. The quantitative estimate of drug-likeness (QED) is 0.125. The fraction of sp³-hybridized carbons (Fsp3) is 0.182. The number of thiazole rings is 2. The molecule has 0 saturated carbocycles. The highest BCUT2D eigenvalue weighted by molar-refractivity contribution is 7.22. The van der Waals surface area contributed by atoms with Gasteiger partial charge in [-0.05, 0) is 72.2 Å². The molecule has 0 saturated heterocycles. The lowest BCUT2D eigenvalue weighted by molar-refractivity contribution is 0.102. The summed E-state index contributed by atoms with van der Waals surface area (Å²) in [6, 6.07) is 21.4. The van der Waals surface area contributed by atoms with E-state index in [2.05, 4.69) is 25.2 Å². The Balaban J connectivity index is 1.05. The van der Waals surface area contributed by atoms with E-state index < -0.39 is 6.16 Å². The molecule has 3 aromatic carbocycles. The van der Waals surface area contributed by atoms with Gasteiger partial charge in [0, 0.05) is 36.4 Å². The molecule has 10 nitrogen and oxygen atoms in total. The van der Waals surface area contributed by atoms with Crippen molar-refractivity contribution in [1.82, 2.24) is 15.0 Å². The number of aromatic nitrogens is 3. The third kappa shape index (κ3) is 6.28. The van der Waals surface area contributed by atoms with Crippen LogP contribution >= 0.6 is 22.7 Å². The number of carbonyl (C=O) groups is 2. The molecular formula is C33H27N5O5S2. The van der Waals surface area contributed by atoms with Crippen LogP contribution in [0.25, 0.3) is 21.0 Å². The molecule has 7 rings (SSSR count). The SMILES string of the molecule is O=C(O)Oc1nc(N2CCc3cccc(C(=O)Nc4nc5ccccc5s4)c3C2)sc1CCCOc1ccc2ccncc2c1. The Hall–Kier alpha value is -5.07. The average Bonchev–Trinajstić information content (AvgIpc) is 3.65. The monoisotopic (exact) mass is 637 g/mol. The van der Waals surface area contributed by atoms with E-state index in [0.717, 1.165) is 49.2 Å². The maximum Gasteiger partial charge on any atom is 0.512 e. The van der Waals surface area contributed by atoms with Crippen LogP contribution in [0.2, 0.25) is 0 Å². The maximum atomic E-state index is 13.4. The molecule has 0 atom stereocenters. The Morgan fingerprint density at radius 3 is 2.80 bits per heavy atom. The Morgan fingerprint density at radius 2 is 1.91 bits per heavy atom. The molecule has 1 amide bonds. The van der Waals surface area contributed by atoms with Crippen LogP contribution in [0.4, 0.5) is 15.1 Å². The lowest BCUT2D eigenvalue weighted by Gasteiger charge is -2.29. The van der Waals surface area contributed by atoms with Crippen molar-refractivity contribution in [1.29, 1.82) is 0 Å². The van der Waals surface area contributed by atoms with Gasteiger partial charge in [-0.15, -0.1) is 0 Å². The lowest BCUT2D eigenvalue weighted by Crippen LogP contribution is -2.32. The molecule has 1 aliphatic rings. The van der Waals surface area contributed by atoms with Crippen molar-refractivity contribution < 1.29 is 24.2 Å². The zero-order valence-electron chi connectivity index (χ0n) is 23.9. The second kappa shape index (κ2) is 12.5. The summed E-state index contributed by atoms with van der Waals surface area (Å²) in [5.41, 5.74) is 3.44. The predicted octanol–water partition coefficient (Wildman–Crippen LogP) is 7.18. The van der Waals surface area contributed by atoms with Crippen molar-refractivity contribution in [2.75, 3.05) is 23.4 Å². The lowest BCUT2D eigenvalue weighted by atomic mass is 9.94. The molecule has 1 aliphatic heterocycles. The van der Waals surface area contributed by atoms with Crippen LogP contribution in [0.5, 0.6) is 11.6 Å². The van der Waals surface area contributed by atoms with Gasteiger partial charge in [0.05, 0.1) is 21.7 Å². The number of carbonyl (C=O) groups excluding carboxylic acids is 1. The van der Waals surface area contributed by atoms with E-state index in [-0.39, 0.29) is 11.8 Å². The molecule has 0 fully saturated rings. The Bertz CT molecular complexity index is 2010. The van der Waals surface area contributed by atoms with Crippen LogP contribution in [0.1, 0.15) is 32.8 Å². The molecule has 3 aromatic heterocycles. The Morgan fingerprint density at radius 1 is 1.00 bits per heavy atom. The molecule has 0 aliphatic carbocycles. The molecule has 4 heterocycles. The van der Waals surface area contributed by atoms with E-state index in [0.29, 0.717) is 48.4 Å². The minimum atomic E-state index is -1.41. The van der Waals surface area contributed by atoms with Crippen LogP contribution in [0.15, 0.2) is 79.1 Å². The number of hydrogen-bond donors (Lipinski definition) is 2. The summed E-state index contributed by atoms with van der Waals surface area (Å²) in [7, 11) is 0. The number of carboxylic acid groups (broad SMARTS) is 1. The zero-order chi connectivity index (χ0) is 30.8. The zero-order valence-corrected chi connectivity index (χ0v) is 25.6. The van der Waals surface area contributed by atoms with Crippen LogP contribution in [0.3, 0.4) is 0 Å². The maximum absolute atomic E-state index is 13.4. The first-order valence-corrected chi connectivity index (χ1v) is 16.0. The number of ether oxygens (including phenoxy) is 2. The molecule has 0 bridgehead atoms. The highest BCUT2D eigenvalue weighted by Gasteiger charge is 2.26. The molecule has 2 N–H and O–H groups in total. The van der Waals surface area contributed by atoms with E-state index in [9.17, 15) is 14.7 Å². The predicted molar refractivity (Wildman–Crippen MR) is 175 cm³/mol. The van der Waals surface area contributed by atoms with E-state index in [1.807, 2.05) is 66.7 Å². The number of para-hydroxylation sites is 1. The van der Waals surface area contributed by atoms with Gasteiger partial charge >= 0.3 is 6.16 Å². The minimum Gasteiger partial charge on any atom is -0.494 e. The topological polar surface area (TPSA) is 127 Å². The summed E-state index contributed by atoms with van der Waals surface area (Å²) in [5.74, 6) is 0.620. The molecule has 45 heavy (non-hydrogen) atoms. The Labute approximate surface area is 265 Å². The van der Waals surface area contributed by atoms with Crippen LogP contribution in [0, 0.1) is 0 Å². The standard InChI is InChI=1S/C33H27N5O5S2/c39-29(36-31-35-26-7-1-2-8-27(26)44-31)24-6-3-5-21-13-15-38(19-25(21)24)32-37-30(43-33(40)41)28(45-32)9-4-16-42-23-11-10-20-12-14-34-18-22(20)17-23/h1-3,5-8,10-12,14,17-18H,4,9,13,15-16,19H2,(H,40,41)(H,35,36,39). The molecule has 226 valence electrons. The summed E-state index contributed by atoms with van der Waals surface area (Å²) < 4.78 is 12.0. The summed E-state index contributed by atoms with van der Waals surface area (Å²) in [6.45, 7) is 1.57. The number of nitrogens with one attached hydrogen (secondary N) is 1. The van der Waals surface area contributed by atoms with Gasteiger partial charge in [-0.2, -0.15) is 4.98 Å². The van der Waals surface area contributed by atoms with Crippen molar-refractivity contribution >= 4 is 66.0 Å². The number of anilines is 2. The van der Waals surface area contributed by atoms with Crippen molar-refractivity contribution in [3.05, 3.63) is 101 Å². The normalized spacial score (nSPS) is 12.7. The number of nitrogens with zero attached hydrogens (tertiary/aromatic N) is 4. The molecular weight excluding hydrogens is 611 g/mol. The van der Waals surface area contributed by atoms with Gasteiger partial charge in [0.1, 0.15) is 5.75 Å². The summed E-state index contributed by atoms with van der Waals surface area (Å²) >= 11 is 2.84. The minimum absolute atomic E-state index is 0.0898. The molecule has 0 spiro atoms. The van der Waals surface area contributed by atoms with Gasteiger partial charge < -0.3 is 19.5 Å². The first-order chi connectivity index (χ1) is 22.0. The number of pyridine rings is 1. The highest BCUT2D eigenvalue weighted by Crippen LogP contribution is 2.36. The molecule has 6 aromatic rings. The molecule has 12 heteroatoms. The third-order valence-corrected chi connectivity index (χ3v) is 9.67. The van der Waals surface area contributed by atoms with Crippen molar-refractivity contribution in [2.45, 2.75) is 25.8 Å². The van der Waals surface area contributed by atoms with E-state index in [1.165, 1.54) is 22.7 Å². The van der Waals surface area contributed by atoms with E-state index >= 15 is 0 Å². The second-order valence-electron chi connectivity index (χ2n) is 10.5. The molecule has 0 unspecified atom stereocenters. The number of hydrogen-bond acceptors (Lipinski definition) is 10. The first-order valence-electron chi connectivity index (χ1n) is 14.4. The van der Waals surface area contributed by atoms with E-state index in [4.69, 9.17) is 9.47 Å². The van der Waals surface area contributed by atoms with Crippen molar-refractivity contribution in [3.63, 3.8) is 0 Å². The van der Waals surface area contributed by atoms with Crippen molar-refractivity contribution in [3.8, 4) is 11.6 Å². The number of fused-ring (bicyclic) bond motifs is 3. The summed E-state index contributed by atoms with van der Waals surface area (Å²) in [4.78, 5) is 41.0. The van der Waals surface area contributed by atoms with Crippen LogP contribution < -0.4 is 19.7 Å². The third-order valence-electron chi connectivity index (χ3n) is 7.57. The average molecular weight is 638 g/mol. The van der Waals surface area contributed by atoms with Gasteiger partial charge in [-0.1, -0.05) is 53.0 Å². The number of aryl methyl sites for hydroxylation is 1. The fourth-order valence-corrected chi connectivity index (χ4v) is 7.32. The van der Waals surface area contributed by atoms with E-state index in [1.54, 1.807) is 12.4 Å². The fourth-order valence-electron chi connectivity index (χ4n) is 5.40. The highest BCUT2D eigenvalue weighted by atomic mass is 32.1. The number of rotatable bonds is 9. The first kappa shape index (κ1) is 28.7. The smallest absolute Gasteiger partial charge is 0.494 e. The van der Waals surface area contributed by atoms with Crippen LogP contribution in [-0.2, 0) is 19.4 Å². The van der Waals surface area contributed by atoms with Gasteiger partial charge in [0.25, 0.3) is 5.91 Å². The van der Waals surface area contributed by atoms with Crippen molar-refractivity contribution in [2.24, 2.45) is 0 Å². The van der Waals surface area contributed by atoms with Gasteiger partial charge in [0.2, 0.25) is 5.88 Å². The van der Waals surface area contributed by atoms with Gasteiger partial charge in [-0.3, -0.25) is 15.1 Å². The molecule has 0 radical (unpaired) electrons. The largest absolute Gasteiger partial charge is 0.512 e. The summed E-state index contributed by atoms with van der Waals surface area (Å²) in [5, 5.41) is 15.6.